The lowest BCUT2D eigenvalue weighted by Gasteiger charge is -2.59. The van der Waals surface area contributed by atoms with Gasteiger partial charge in [0.25, 0.3) is 0 Å². The maximum atomic E-state index is 10.1. The van der Waals surface area contributed by atoms with E-state index < -0.39 is 28.0 Å². The zero-order chi connectivity index (χ0) is 32.8. The fourth-order valence-electron chi connectivity index (χ4n) is 7.60. The lowest BCUT2D eigenvalue weighted by Crippen LogP contribution is -2.54. The van der Waals surface area contributed by atoms with Crippen molar-refractivity contribution in [1.82, 2.24) is 0 Å². The highest BCUT2D eigenvalue weighted by molar-refractivity contribution is 7.40. The Kier molecular flexibility index (Phi) is 14.7. The van der Waals surface area contributed by atoms with Crippen LogP contribution in [0, 0.1) is 5.41 Å². The minimum atomic E-state index is -2.71. The molecule has 0 heterocycles. The fourth-order valence-corrected chi connectivity index (χ4v) is 8.27. The Morgan fingerprint density at radius 1 is 0.652 bits per heavy atom. The summed E-state index contributed by atoms with van der Waals surface area (Å²) >= 11 is 0. The van der Waals surface area contributed by atoms with E-state index in [1.54, 1.807) is 12.1 Å². The molecule has 3 aromatic rings. The lowest BCUT2D eigenvalue weighted by molar-refractivity contribution is -0.0220. The second kappa shape index (κ2) is 18.4. The molecule has 0 aromatic heterocycles. The molecule has 1 fully saturated rings. The molecular weight excluding hydrogens is 622 g/mol. The van der Waals surface area contributed by atoms with Crippen LogP contribution in [0.2, 0.25) is 0 Å². The van der Waals surface area contributed by atoms with E-state index in [9.17, 15) is 19.6 Å². The van der Waals surface area contributed by atoms with Crippen molar-refractivity contribution in [1.29, 1.82) is 0 Å². The van der Waals surface area contributed by atoms with E-state index in [1.165, 1.54) is 5.56 Å². The molecule has 4 N–H and O–H groups in total. The van der Waals surface area contributed by atoms with E-state index >= 15 is 0 Å². The first kappa shape index (κ1) is 36.7. The molecule has 3 aromatic carbocycles. The fraction of sp³-hybridized carbons (Fsp3) is 0.500. The Bertz CT molecular complexity index is 1240. The zero-order valence-corrected chi connectivity index (χ0v) is 28.9. The van der Waals surface area contributed by atoms with Crippen molar-refractivity contribution in [2.75, 3.05) is 26.4 Å². The molecule has 1 aliphatic carbocycles. The SMILES string of the molecule is CCCCOCCC1(CCOCCCC)C(c2ccccc2)CCCC1(c1ccccc1OP(O)O)c1ccccc1OP(O)O. The molecule has 1 aliphatic rings. The standard InChI is InChI=1S/C36H50O8P2/c1-3-5-25-41-27-23-35(24-28-42-26-6-4-2)30(29-15-8-7-9-16-29)19-14-22-36(35,31-17-10-12-20-33(31)43-45(37)38)32-18-11-13-21-34(32)44-46(39)40/h7-13,15-18,20-21,30,37-40H,3-6,14,19,22-28H2,1-2H3. The summed E-state index contributed by atoms with van der Waals surface area (Å²) in [7, 11) is -5.41. The van der Waals surface area contributed by atoms with Gasteiger partial charge in [-0.05, 0) is 67.6 Å². The molecule has 0 amide bonds. The van der Waals surface area contributed by atoms with E-state index in [2.05, 4.69) is 38.1 Å². The highest BCUT2D eigenvalue weighted by atomic mass is 31.2. The van der Waals surface area contributed by atoms with Gasteiger partial charge >= 0.3 is 17.2 Å². The van der Waals surface area contributed by atoms with Crippen LogP contribution in [0.5, 0.6) is 11.5 Å². The van der Waals surface area contributed by atoms with Gasteiger partial charge in [-0.2, -0.15) is 0 Å². The topological polar surface area (TPSA) is 118 Å². The third-order valence-electron chi connectivity index (χ3n) is 9.49. The van der Waals surface area contributed by atoms with Gasteiger partial charge in [0, 0.05) is 43.0 Å². The van der Waals surface area contributed by atoms with Gasteiger partial charge in [-0.1, -0.05) is 99.8 Å². The van der Waals surface area contributed by atoms with Gasteiger partial charge in [-0.3, -0.25) is 0 Å². The molecular formula is C36H50O8P2. The molecule has 252 valence electrons. The van der Waals surface area contributed by atoms with E-state index in [1.807, 2.05) is 42.5 Å². The van der Waals surface area contributed by atoms with Crippen LogP contribution in [0.3, 0.4) is 0 Å². The number of hydrogen-bond donors (Lipinski definition) is 4. The summed E-state index contributed by atoms with van der Waals surface area (Å²) in [6.07, 6.45) is 7.86. The van der Waals surface area contributed by atoms with Crippen LogP contribution in [0.15, 0.2) is 78.9 Å². The van der Waals surface area contributed by atoms with Crippen molar-refractivity contribution in [3.63, 3.8) is 0 Å². The van der Waals surface area contributed by atoms with Crippen LogP contribution in [0.1, 0.15) is 94.2 Å². The predicted octanol–water partition coefficient (Wildman–Crippen LogP) is 8.52. The van der Waals surface area contributed by atoms with Crippen molar-refractivity contribution in [3.05, 3.63) is 95.6 Å². The van der Waals surface area contributed by atoms with Gasteiger partial charge in [-0.15, -0.1) is 0 Å². The van der Waals surface area contributed by atoms with E-state index in [4.69, 9.17) is 18.5 Å². The van der Waals surface area contributed by atoms with Gasteiger partial charge in [0.2, 0.25) is 0 Å². The van der Waals surface area contributed by atoms with E-state index in [-0.39, 0.29) is 5.92 Å². The highest BCUT2D eigenvalue weighted by Gasteiger charge is 2.60. The molecule has 4 rings (SSSR count). The number of ether oxygens (including phenoxy) is 2. The largest absolute Gasteiger partial charge is 0.427 e. The molecule has 0 radical (unpaired) electrons. The summed E-state index contributed by atoms with van der Waals surface area (Å²) in [5, 5.41) is 0. The third-order valence-corrected chi connectivity index (χ3v) is 10.2. The Labute approximate surface area is 276 Å². The molecule has 8 nitrogen and oxygen atoms in total. The first-order valence-corrected chi connectivity index (χ1v) is 18.8. The number of hydrogen-bond acceptors (Lipinski definition) is 8. The smallest absolute Gasteiger partial charge is 0.391 e. The van der Waals surface area contributed by atoms with Gasteiger partial charge in [0.05, 0.1) is 0 Å². The maximum Gasteiger partial charge on any atom is 0.391 e. The zero-order valence-electron chi connectivity index (χ0n) is 27.1. The summed E-state index contributed by atoms with van der Waals surface area (Å²) < 4.78 is 24.2. The van der Waals surface area contributed by atoms with Crippen molar-refractivity contribution in [2.24, 2.45) is 5.41 Å². The van der Waals surface area contributed by atoms with Crippen molar-refractivity contribution >= 4 is 17.2 Å². The monoisotopic (exact) mass is 672 g/mol. The van der Waals surface area contributed by atoms with Crippen LogP contribution in [0.4, 0.5) is 0 Å². The Morgan fingerprint density at radius 2 is 1.13 bits per heavy atom. The summed E-state index contributed by atoms with van der Waals surface area (Å²) in [6.45, 7) is 6.68. The Hall–Kier alpha value is -2.12. The van der Waals surface area contributed by atoms with Gasteiger partial charge in [0.15, 0.2) is 0 Å². The van der Waals surface area contributed by atoms with Crippen molar-refractivity contribution in [2.45, 2.75) is 83.0 Å². The first-order valence-electron chi connectivity index (χ1n) is 16.5. The summed E-state index contributed by atoms with van der Waals surface area (Å²) in [6, 6.07) is 25.7. The molecule has 0 bridgehead atoms. The quantitative estimate of drug-likeness (QED) is 0.0740. The number of unbranched alkanes of at least 4 members (excludes halogenated alkanes) is 2. The lowest BCUT2D eigenvalue weighted by atomic mass is 9.44. The minimum absolute atomic E-state index is 0.0580. The predicted molar refractivity (Wildman–Crippen MR) is 184 cm³/mol. The second-order valence-electron chi connectivity index (χ2n) is 12.0. The average Bonchev–Trinajstić information content (AvgIpc) is 3.05. The summed E-state index contributed by atoms with van der Waals surface area (Å²) in [4.78, 5) is 40.5. The number of para-hydroxylation sites is 2. The first-order chi connectivity index (χ1) is 22.4. The Balaban J connectivity index is 2.05. The molecule has 0 spiro atoms. The number of rotatable bonds is 19. The second-order valence-corrected chi connectivity index (χ2v) is 13.4. The Morgan fingerprint density at radius 3 is 1.61 bits per heavy atom. The van der Waals surface area contributed by atoms with E-state index in [0.29, 0.717) is 57.2 Å². The summed E-state index contributed by atoms with van der Waals surface area (Å²) in [5.74, 6) is 0.809. The summed E-state index contributed by atoms with van der Waals surface area (Å²) in [5.41, 5.74) is 1.42. The van der Waals surface area contributed by atoms with Crippen molar-refractivity contribution < 1.29 is 38.1 Å². The minimum Gasteiger partial charge on any atom is -0.427 e. The van der Waals surface area contributed by atoms with Gasteiger partial charge in [0.1, 0.15) is 11.5 Å². The van der Waals surface area contributed by atoms with Crippen LogP contribution in [-0.4, -0.2) is 46.0 Å². The molecule has 10 heteroatoms. The van der Waals surface area contributed by atoms with Crippen LogP contribution < -0.4 is 9.05 Å². The van der Waals surface area contributed by atoms with Gasteiger partial charge < -0.3 is 38.1 Å². The molecule has 0 saturated heterocycles. The van der Waals surface area contributed by atoms with Crippen LogP contribution in [-0.2, 0) is 14.9 Å². The molecule has 1 unspecified atom stereocenters. The van der Waals surface area contributed by atoms with Gasteiger partial charge in [-0.25, -0.2) is 0 Å². The van der Waals surface area contributed by atoms with Crippen molar-refractivity contribution in [3.8, 4) is 11.5 Å². The average molecular weight is 673 g/mol. The number of benzene rings is 3. The van der Waals surface area contributed by atoms with Crippen LogP contribution in [0.25, 0.3) is 0 Å². The maximum absolute atomic E-state index is 10.1. The third kappa shape index (κ3) is 8.66. The molecule has 46 heavy (non-hydrogen) atoms. The molecule has 1 atom stereocenters. The molecule has 0 aliphatic heterocycles. The molecule has 1 saturated carbocycles. The van der Waals surface area contributed by atoms with E-state index in [0.717, 1.165) is 49.7 Å². The highest BCUT2D eigenvalue weighted by Crippen LogP contribution is 2.67. The van der Waals surface area contributed by atoms with Crippen LogP contribution >= 0.6 is 17.2 Å². The normalized spacial score (nSPS) is 17.3.